The van der Waals surface area contributed by atoms with Gasteiger partial charge in [0, 0.05) is 58.4 Å². The van der Waals surface area contributed by atoms with Crippen LogP contribution in [0.3, 0.4) is 0 Å². The van der Waals surface area contributed by atoms with E-state index in [-0.39, 0.29) is 18.6 Å². The first-order chi connectivity index (χ1) is 10.1. The number of hydrogen-bond acceptors (Lipinski definition) is 5. The Hall–Kier alpha value is -0.690. The van der Waals surface area contributed by atoms with Gasteiger partial charge in [0.2, 0.25) is 5.91 Å². The van der Waals surface area contributed by atoms with E-state index in [9.17, 15) is 9.90 Å². The van der Waals surface area contributed by atoms with Crippen LogP contribution >= 0.6 is 0 Å². The van der Waals surface area contributed by atoms with Crippen LogP contribution in [0.4, 0.5) is 0 Å². The Balaban J connectivity index is 1.72. The molecule has 2 rings (SSSR count). The maximum atomic E-state index is 12.3. The maximum absolute atomic E-state index is 12.3. The van der Waals surface area contributed by atoms with Crippen LogP contribution in [0.5, 0.6) is 0 Å². The average molecular weight is 298 g/mol. The molecule has 0 aromatic carbocycles. The Bertz CT molecular complexity index is 320. The second-order valence-corrected chi connectivity index (χ2v) is 6.24. The molecule has 1 atom stereocenters. The lowest BCUT2D eigenvalue weighted by Gasteiger charge is -2.39. The van der Waals surface area contributed by atoms with E-state index < -0.39 is 0 Å². The van der Waals surface area contributed by atoms with Crippen LogP contribution in [0, 0.1) is 0 Å². The van der Waals surface area contributed by atoms with Crippen molar-refractivity contribution < 1.29 is 9.90 Å². The van der Waals surface area contributed by atoms with Crippen molar-refractivity contribution in [2.45, 2.75) is 19.4 Å². The Morgan fingerprint density at radius 2 is 1.67 bits per heavy atom. The van der Waals surface area contributed by atoms with Crippen molar-refractivity contribution in [2.24, 2.45) is 0 Å². The zero-order valence-corrected chi connectivity index (χ0v) is 13.5. The standard InChI is InChI=1S/C15H30N4O2/c1-3-14(13-20)18-10-6-17(7-11-18)12-15(21)19-8-4-16(2)5-9-19/h14,20H,3-13H2,1-2H3. The lowest BCUT2D eigenvalue weighted by Crippen LogP contribution is -2.55. The van der Waals surface area contributed by atoms with E-state index in [0.29, 0.717) is 6.54 Å². The van der Waals surface area contributed by atoms with Crippen molar-refractivity contribution in [1.82, 2.24) is 19.6 Å². The Morgan fingerprint density at radius 3 is 2.19 bits per heavy atom. The van der Waals surface area contributed by atoms with E-state index in [1.807, 2.05) is 4.90 Å². The summed E-state index contributed by atoms with van der Waals surface area (Å²) in [4.78, 5) is 21.2. The molecule has 0 aliphatic carbocycles. The summed E-state index contributed by atoms with van der Waals surface area (Å²) in [6.45, 7) is 10.3. The predicted molar refractivity (Wildman–Crippen MR) is 83.3 cm³/mol. The molecule has 0 saturated carbocycles. The molecule has 1 unspecified atom stereocenters. The topological polar surface area (TPSA) is 50.3 Å². The predicted octanol–water partition coefficient (Wildman–Crippen LogP) is -0.851. The van der Waals surface area contributed by atoms with Crippen LogP contribution < -0.4 is 0 Å². The highest BCUT2D eigenvalue weighted by atomic mass is 16.3. The number of amides is 1. The molecule has 0 aromatic rings. The second kappa shape index (κ2) is 8.08. The zero-order chi connectivity index (χ0) is 15.2. The molecule has 21 heavy (non-hydrogen) atoms. The highest BCUT2D eigenvalue weighted by Gasteiger charge is 2.25. The molecule has 2 aliphatic rings. The fourth-order valence-electron chi connectivity index (χ4n) is 3.14. The SMILES string of the molecule is CCC(CO)N1CCN(CC(=O)N2CCN(C)CC2)CC1. The van der Waals surface area contributed by atoms with Gasteiger partial charge in [0.25, 0.3) is 0 Å². The largest absolute Gasteiger partial charge is 0.395 e. The molecule has 2 aliphatic heterocycles. The third kappa shape index (κ3) is 4.64. The summed E-state index contributed by atoms with van der Waals surface area (Å²) in [5, 5.41) is 9.36. The summed E-state index contributed by atoms with van der Waals surface area (Å²) in [7, 11) is 2.10. The van der Waals surface area contributed by atoms with Gasteiger partial charge in [-0.15, -0.1) is 0 Å². The number of likely N-dealkylation sites (N-methyl/N-ethyl adjacent to an activating group) is 1. The number of aliphatic hydroxyl groups is 1. The number of carbonyl (C=O) groups excluding carboxylic acids is 1. The van der Waals surface area contributed by atoms with Gasteiger partial charge in [-0.1, -0.05) is 6.92 Å². The summed E-state index contributed by atoms with van der Waals surface area (Å²) in [6.07, 6.45) is 0.983. The summed E-state index contributed by atoms with van der Waals surface area (Å²) in [5.41, 5.74) is 0. The van der Waals surface area contributed by atoms with Crippen molar-refractivity contribution in [3.8, 4) is 0 Å². The molecule has 6 heteroatoms. The number of carbonyl (C=O) groups is 1. The Labute approximate surface area is 128 Å². The lowest BCUT2D eigenvalue weighted by atomic mass is 10.1. The molecule has 0 aromatic heterocycles. The van der Waals surface area contributed by atoms with Gasteiger partial charge < -0.3 is 14.9 Å². The summed E-state index contributed by atoms with van der Waals surface area (Å²) in [5.74, 6) is 0.269. The minimum atomic E-state index is 0.233. The van der Waals surface area contributed by atoms with Crippen LogP contribution in [0.15, 0.2) is 0 Å². The van der Waals surface area contributed by atoms with E-state index in [0.717, 1.165) is 58.8 Å². The van der Waals surface area contributed by atoms with Gasteiger partial charge in [0.05, 0.1) is 13.2 Å². The van der Waals surface area contributed by atoms with Crippen molar-refractivity contribution >= 4 is 5.91 Å². The van der Waals surface area contributed by atoms with E-state index in [4.69, 9.17) is 0 Å². The first-order valence-corrected chi connectivity index (χ1v) is 8.17. The van der Waals surface area contributed by atoms with Crippen molar-refractivity contribution in [2.75, 3.05) is 72.6 Å². The van der Waals surface area contributed by atoms with Crippen LogP contribution in [0.2, 0.25) is 0 Å². The number of hydrogen-bond donors (Lipinski definition) is 1. The van der Waals surface area contributed by atoms with Gasteiger partial charge in [0.1, 0.15) is 0 Å². The first-order valence-electron chi connectivity index (χ1n) is 8.17. The van der Waals surface area contributed by atoms with Crippen LogP contribution in [0.25, 0.3) is 0 Å². The molecule has 2 heterocycles. The molecule has 1 amide bonds. The van der Waals surface area contributed by atoms with Crippen LogP contribution in [-0.4, -0.2) is 109 Å². The number of nitrogens with zero attached hydrogens (tertiary/aromatic N) is 4. The van der Waals surface area contributed by atoms with E-state index >= 15 is 0 Å². The monoisotopic (exact) mass is 298 g/mol. The Kier molecular flexibility index (Phi) is 6.41. The molecule has 2 saturated heterocycles. The number of aliphatic hydroxyl groups excluding tert-OH is 1. The molecule has 0 radical (unpaired) electrons. The maximum Gasteiger partial charge on any atom is 0.236 e. The molecular formula is C15H30N4O2. The van der Waals surface area contributed by atoms with Gasteiger partial charge in [0.15, 0.2) is 0 Å². The average Bonchev–Trinajstić information content (AvgIpc) is 2.51. The van der Waals surface area contributed by atoms with E-state index in [2.05, 4.69) is 28.7 Å². The van der Waals surface area contributed by atoms with Crippen molar-refractivity contribution in [3.05, 3.63) is 0 Å². The highest BCUT2D eigenvalue weighted by Crippen LogP contribution is 2.09. The van der Waals surface area contributed by atoms with Crippen LogP contribution in [0.1, 0.15) is 13.3 Å². The Morgan fingerprint density at radius 1 is 1.05 bits per heavy atom. The summed E-state index contributed by atoms with van der Waals surface area (Å²) >= 11 is 0. The fraction of sp³-hybridized carbons (Fsp3) is 0.933. The molecular weight excluding hydrogens is 268 g/mol. The molecule has 2 fully saturated rings. The van der Waals surface area contributed by atoms with Crippen LogP contribution in [-0.2, 0) is 4.79 Å². The smallest absolute Gasteiger partial charge is 0.236 e. The van der Waals surface area contributed by atoms with Gasteiger partial charge >= 0.3 is 0 Å². The number of piperazine rings is 2. The number of rotatable bonds is 5. The third-order valence-electron chi connectivity index (χ3n) is 4.82. The van der Waals surface area contributed by atoms with Gasteiger partial charge in [-0.25, -0.2) is 0 Å². The molecule has 1 N–H and O–H groups in total. The summed E-state index contributed by atoms with van der Waals surface area (Å²) in [6, 6.07) is 0.278. The van der Waals surface area contributed by atoms with Gasteiger partial charge in [-0.05, 0) is 13.5 Å². The minimum absolute atomic E-state index is 0.233. The third-order valence-corrected chi connectivity index (χ3v) is 4.82. The zero-order valence-electron chi connectivity index (χ0n) is 13.5. The second-order valence-electron chi connectivity index (χ2n) is 6.24. The molecule has 0 bridgehead atoms. The highest BCUT2D eigenvalue weighted by molar-refractivity contribution is 5.78. The fourth-order valence-corrected chi connectivity index (χ4v) is 3.14. The van der Waals surface area contributed by atoms with Crippen molar-refractivity contribution in [3.63, 3.8) is 0 Å². The minimum Gasteiger partial charge on any atom is -0.395 e. The quantitative estimate of drug-likeness (QED) is 0.716. The molecule has 122 valence electrons. The normalized spacial score (nSPS) is 24.2. The van der Waals surface area contributed by atoms with Gasteiger partial charge in [-0.3, -0.25) is 14.6 Å². The van der Waals surface area contributed by atoms with Crippen molar-refractivity contribution in [1.29, 1.82) is 0 Å². The van der Waals surface area contributed by atoms with E-state index in [1.165, 1.54) is 0 Å². The van der Waals surface area contributed by atoms with E-state index in [1.54, 1.807) is 0 Å². The first kappa shape index (κ1) is 16.7. The summed E-state index contributed by atoms with van der Waals surface area (Å²) < 4.78 is 0. The van der Waals surface area contributed by atoms with Gasteiger partial charge in [-0.2, -0.15) is 0 Å². The lowest BCUT2D eigenvalue weighted by molar-refractivity contribution is -0.134. The molecule has 0 spiro atoms. The molecule has 6 nitrogen and oxygen atoms in total.